The van der Waals surface area contributed by atoms with Gasteiger partial charge < -0.3 is 9.47 Å². The molecule has 0 amide bonds. The molecule has 3 heterocycles. The second-order valence-electron chi connectivity index (χ2n) is 6.36. The van der Waals surface area contributed by atoms with Crippen LogP contribution in [0.15, 0.2) is 17.3 Å². The lowest BCUT2D eigenvalue weighted by Crippen LogP contribution is -2.35. The molecule has 0 atom stereocenters. The van der Waals surface area contributed by atoms with Crippen molar-refractivity contribution in [3.63, 3.8) is 0 Å². The Morgan fingerprint density at radius 3 is 2.65 bits per heavy atom. The van der Waals surface area contributed by atoms with Crippen LogP contribution in [-0.2, 0) is 7.05 Å². The first kappa shape index (κ1) is 14.7. The summed E-state index contributed by atoms with van der Waals surface area (Å²) in [4.78, 5) is 14.1. The molecule has 0 N–H and O–H groups in total. The van der Waals surface area contributed by atoms with Gasteiger partial charge in [0.25, 0.3) is 5.56 Å². The smallest absolute Gasteiger partial charge is 0.287 e. The summed E-state index contributed by atoms with van der Waals surface area (Å²) in [5.74, 6) is 1.54. The van der Waals surface area contributed by atoms with Crippen LogP contribution >= 0.6 is 11.6 Å². The predicted octanol–water partition coefficient (Wildman–Crippen LogP) is 1.74. The summed E-state index contributed by atoms with van der Waals surface area (Å²) in [6, 6.07) is 0.605. The Bertz CT molecular complexity index is 773. The summed E-state index contributed by atoms with van der Waals surface area (Å²) in [5, 5.41) is 12.8. The molecule has 0 bridgehead atoms. The Balaban J connectivity index is 1.50. The zero-order valence-electron chi connectivity index (χ0n) is 13.0. The minimum Gasteiger partial charge on any atom is -0.369 e. The SMILES string of the molecule is Cn1ncc(N2CCC(c3nncn3C3CC3)CC2)c(Cl)c1=O. The molecule has 1 saturated carbocycles. The van der Waals surface area contributed by atoms with Crippen molar-refractivity contribution in [1.29, 1.82) is 0 Å². The maximum Gasteiger partial charge on any atom is 0.287 e. The monoisotopic (exact) mass is 334 g/mol. The van der Waals surface area contributed by atoms with Crippen molar-refractivity contribution < 1.29 is 0 Å². The zero-order valence-corrected chi connectivity index (χ0v) is 13.8. The fourth-order valence-corrected chi connectivity index (χ4v) is 3.57. The van der Waals surface area contributed by atoms with E-state index in [1.54, 1.807) is 13.2 Å². The molecule has 23 heavy (non-hydrogen) atoms. The lowest BCUT2D eigenvalue weighted by molar-refractivity contribution is 0.464. The second-order valence-corrected chi connectivity index (χ2v) is 6.74. The highest BCUT2D eigenvalue weighted by molar-refractivity contribution is 6.33. The number of hydrogen-bond donors (Lipinski definition) is 0. The molecule has 2 fully saturated rings. The van der Waals surface area contributed by atoms with Gasteiger partial charge in [0.15, 0.2) is 0 Å². The first-order valence-corrected chi connectivity index (χ1v) is 8.39. The molecule has 7 nitrogen and oxygen atoms in total. The minimum atomic E-state index is -0.250. The topological polar surface area (TPSA) is 68.8 Å². The molecule has 122 valence electrons. The van der Waals surface area contributed by atoms with E-state index in [1.165, 1.54) is 17.5 Å². The molecule has 2 aromatic rings. The molecule has 2 aliphatic rings. The van der Waals surface area contributed by atoms with Gasteiger partial charge in [-0.2, -0.15) is 5.10 Å². The van der Waals surface area contributed by atoms with E-state index in [-0.39, 0.29) is 10.6 Å². The van der Waals surface area contributed by atoms with E-state index in [0.29, 0.717) is 12.0 Å². The van der Waals surface area contributed by atoms with Crippen LogP contribution in [0, 0.1) is 0 Å². The summed E-state index contributed by atoms with van der Waals surface area (Å²) in [6.07, 6.45) is 7.97. The molecular weight excluding hydrogens is 316 g/mol. The van der Waals surface area contributed by atoms with Gasteiger partial charge in [0.05, 0.1) is 11.9 Å². The highest BCUT2D eigenvalue weighted by Gasteiger charge is 2.31. The molecule has 8 heteroatoms. The molecule has 0 unspecified atom stereocenters. The van der Waals surface area contributed by atoms with E-state index in [0.717, 1.165) is 37.4 Å². The van der Waals surface area contributed by atoms with Crippen LogP contribution in [0.1, 0.15) is 43.5 Å². The fourth-order valence-electron chi connectivity index (χ4n) is 3.28. The summed E-state index contributed by atoms with van der Waals surface area (Å²) < 4.78 is 3.50. The number of halogens is 1. The third-order valence-electron chi connectivity index (χ3n) is 4.80. The normalized spacial score (nSPS) is 19.3. The van der Waals surface area contributed by atoms with Gasteiger partial charge in [-0.15, -0.1) is 10.2 Å². The summed E-state index contributed by atoms with van der Waals surface area (Å²) in [7, 11) is 1.61. The molecule has 0 radical (unpaired) electrons. The first-order chi connectivity index (χ1) is 11.1. The Morgan fingerprint density at radius 2 is 1.96 bits per heavy atom. The van der Waals surface area contributed by atoms with Gasteiger partial charge in [0.2, 0.25) is 0 Å². The largest absolute Gasteiger partial charge is 0.369 e. The van der Waals surface area contributed by atoms with Gasteiger partial charge in [-0.05, 0) is 25.7 Å². The van der Waals surface area contributed by atoms with E-state index in [1.807, 2.05) is 6.33 Å². The van der Waals surface area contributed by atoms with Crippen LogP contribution in [0.25, 0.3) is 0 Å². The lowest BCUT2D eigenvalue weighted by Gasteiger charge is -2.33. The van der Waals surface area contributed by atoms with Gasteiger partial charge in [-0.25, -0.2) is 4.68 Å². The van der Waals surface area contributed by atoms with Crippen molar-refractivity contribution in [3.05, 3.63) is 33.7 Å². The van der Waals surface area contributed by atoms with Gasteiger partial charge >= 0.3 is 0 Å². The average molecular weight is 335 g/mol. The van der Waals surface area contributed by atoms with Gasteiger partial charge in [0.1, 0.15) is 17.2 Å². The van der Waals surface area contributed by atoms with Crippen LogP contribution in [0.4, 0.5) is 5.69 Å². The van der Waals surface area contributed by atoms with Crippen LogP contribution in [0.2, 0.25) is 5.02 Å². The van der Waals surface area contributed by atoms with Gasteiger partial charge in [-0.1, -0.05) is 11.6 Å². The highest BCUT2D eigenvalue weighted by atomic mass is 35.5. The number of aryl methyl sites for hydroxylation is 1. The number of aromatic nitrogens is 5. The number of nitrogens with zero attached hydrogens (tertiary/aromatic N) is 6. The van der Waals surface area contributed by atoms with Gasteiger partial charge in [-0.3, -0.25) is 4.79 Å². The third-order valence-corrected chi connectivity index (χ3v) is 5.16. The molecule has 0 aromatic carbocycles. The van der Waals surface area contributed by atoms with Crippen molar-refractivity contribution in [2.24, 2.45) is 7.05 Å². The van der Waals surface area contributed by atoms with Gasteiger partial charge in [0, 0.05) is 32.1 Å². The van der Waals surface area contributed by atoms with Crippen molar-refractivity contribution in [3.8, 4) is 0 Å². The molecule has 1 saturated heterocycles. The van der Waals surface area contributed by atoms with E-state index < -0.39 is 0 Å². The summed E-state index contributed by atoms with van der Waals surface area (Å²) in [6.45, 7) is 1.69. The van der Waals surface area contributed by atoms with Crippen molar-refractivity contribution in [2.75, 3.05) is 18.0 Å². The minimum absolute atomic E-state index is 0.250. The summed E-state index contributed by atoms with van der Waals surface area (Å²) in [5.41, 5.74) is 0.483. The van der Waals surface area contributed by atoms with Crippen molar-refractivity contribution in [2.45, 2.75) is 37.6 Å². The maximum absolute atomic E-state index is 11.9. The molecule has 0 spiro atoms. The molecule has 1 aliphatic carbocycles. The van der Waals surface area contributed by atoms with Crippen LogP contribution in [0.5, 0.6) is 0 Å². The Kier molecular flexibility index (Phi) is 3.60. The van der Waals surface area contributed by atoms with Crippen LogP contribution in [-0.4, -0.2) is 37.6 Å². The number of anilines is 1. The average Bonchev–Trinajstić information content (AvgIpc) is 3.30. The quantitative estimate of drug-likeness (QED) is 0.855. The van der Waals surface area contributed by atoms with E-state index >= 15 is 0 Å². The van der Waals surface area contributed by atoms with E-state index in [2.05, 4.69) is 24.8 Å². The van der Waals surface area contributed by atoms with Crippen LogP contribution in [0.3, 0.4) is 0 Å². The second kappa shape index (κ2) is 5.63. The predicted molar refractivity (Wildman–Crippen MR) is 87.0 cm³/mol. The Labute approximate surface area is 138 Å². The molecular formula is C15H19ClN6O. The number of piperidine rings is 1. The highest BCUT2D eigenvalue weighted by Crippen LogP contribution is 2.39. The zero-order chi connectivity index (χ0) is 16.0. The standard InChI is InChI=1S/C15H19ClN6O/c1-20-15(23)13(16)12(8-18-20)21-6-4-10(5-7-21)14-19-17-9-22(14)11-2-3-11/h8-11H,2-7H2,1H3. The molecule has 4 rings (SSSR count). The number of hydrogen-bond acceptors (Lipinski definition) is 5. The maximum atomic E-state index is 11.9. The third kappa shape index (κ3) is 2.63. The van der Waals surface area contributed by atoms with Crippen molar-refractivity contribution >= 4 is 17.3 Å². The molecule has 1 aliphatic heterocycles. The van der Waals surface area contributed by atoms with E-state index in [4.69, 9.17) is 11.6 Å². The fraction of sp³-hybridized carbons (Fsp3) is 0.600. The van der Waals surface area contributed by atoms with Crippen LogP contribution < -0.4 is 10.5 Å². The first-order valence-electron chi connectivity index (χ1n) is 8.01. The lowest BCUT2D eigenvalue weighted by atomic mass is 9.95. The Morgan fingerprint density at radius 1 is 1.22 bits per heavy atom. The Hall–Kier alpha value is -1.89. The number of rotatable bonds is 3. The van der Waals surface area contributed by atoms with Crippen molar-refractivity contribution in [1.82, 2.24) is 24.5 Å². The van der Waals surface area contributed by atoms with E-state index in [9.17, 15) is 4.79 Å². The molecule has 2 aromatic heterocycles. The summed E-state index contributed by atoms with van der Waals surface area (Å²) >= 11 is 6.20.